The fourth-order valence-corrected chi connectivity index (χ4v) is 5.48. The molecule has 1 heterocycles. The Balaban J connectivity index is 1.65. The van der Waals surface area contributed by atoms with E-state index in [9.17, 15) is 13.2 Å². The Labute approximate surface area is 204 Å². The van der Waals surface area contributed by atoms with E-state index in [2.05, 4.69) is 5.32 Å². The highest BCUT2D eigenvalue weighted by atomic mass is 35.5. The summed E-state index contributed by atoms with van der Waals surface area (Å²) in [5.74, 6) is 2.19. The van der Waals surface area contributed by atoms with Gasteiger partial charge in [-0.15, -0.1) is 0 Å². The van der Waals surface area contributed by atoms with Gasteiger partial charge in [-0.25, -0.2) is 8.42 Å². The van der Waals surface area contributed by atoms with Crippen LogP contribution in [-0.4, -0.2) is 33.2 Å². The first-order valence-electron chi connectivity index (χ1n) is 10.5. The molecule has 0 aliphatic heterocycles. The van der Waals surface area contributed by atoms with Crippen LogP contribution in [0.3, 0.4) is 0 Å². The van der Waals surface area contributed by atoms with Crippen LogP contribution < -0.4 is 9.62 Å². The molecule has 176 valence electrons. The zero-order valence-electron chi connectivity index (χ0n) is 18.6. The predicted octanol–water partition coefficient (Wildman–Crippen LogP) is 5.18. The van der Waals surface area contributed by atoms with Gasteiger partial charge < -0.3 is 9.73 Å². The van der Waals surface area contributed by atoms with Crippen LogP contribution in [0.2, 0.25) is 5.02 Å². The first kappa shape index (κ1) is 25.2. The van der Waals surface area contributed by atoms with Crippen molar-refractivity contribution in [2.24, 2.45) is 0 Å². The standard InChI is InChI=1S/C24H27ClN2O4S2/c1-18-6-9-21(15-19(18)2)27(33(29,30)23-10-7-20(25)8-11-23)16-24(28)26-12-4-14-32-17-22-5-3-13-31-22/h3,5-11,13,15H,4,12,14,16-17H2,1-2H3,(H,26,28). The van der Waals surface area contributed by atoms with Crippen LogP contribution in [0, 0.1) is 13.8 Å². The quantitative estimate of drug-likeness (QED) is 0.362. The van der Waals surface area contributed by atoms with Gasteiger partial charge in [0.1, 0.15) is 12.3 Å². The number of hydrogen-bond donors (Lipinski definition) is 1. The number of carbonyl (C=O) groups is 1. The molecule has 0 saturated carbocycles. The number of benzene rings is 2. The predicted molar refractivity (Wildman–Crippen MR) is 134 cm³/mol. The fraction of sp³-hybridized carbons (Fsp3) is 0.292. The number of aryl methyl sites for hydroxylation is 2. The molecule has 2 aromatic carbocycles. The molecule has 1 aromatic heterocycles. The minimum Gasteiger partial charge on any atom is -0.468 e. The van der Waals surface area contributed by atoms with E-state index in [0.717, 1.165) is 39.1 Å². The van der Waals surface area contributed by atoms with Gasteiger partial charge in [0.2, 0.25) is 5.91 Å². The Hall–Kier alpha value is -2.42. The minimum atomic E-state index is -3.96. The molecule has 1 amide bonds. The van der Waals surface area contributed by atoms with Crippen molar-refractivity contribution in [2.75, 3.05) is 23.1 Å². The molecule has 0 aliphatic carbocycles. The third kappa shape index (κ3) is 7.03. The summed E-state index contributed by atoms with van der Waals surface area (Å²) in [6.07, 6.45) is 2.42. The average molecular weight is 507 g/mol. The normalized spacial score (nSPS) is 11.4. The van der Waals surface area contributed by atoms with Gasteiger partial charge in [0.05, 0.1) is 22.6 Å². The first-order chi connectivity index (χ1) is 15.8. The van der Waals surface area contributed by atoms with Gasteiger partial charge in [-0.2, -0.15) is 11.8 Å². The van der Waals surface area contributed by atoms with E-state index < -0.39 is 10.0 Å². The summed E-state index contributed by atoms with van der Waals surface area (Å²) in [7, 11) is -3.96. The number of nitrogens with one attached hydrogen (secondary N) is 1. The van der Waals surface area contributed by atoms with Crippen molar-refractivity contribution < 1.29 is 17.6 Å². The van der Waals surface area contributed by atoms with Crippen molar-refractivity contribution in [1.29, 1.82) is 0 Å². The zero-order chi connectivity index (χ0) is 23.8. The molecule has 0 radical (unpaired) electrons. The van der Waals surface area contributed by atoms with Crippen LogP contribution in [0.1, 0.15) is 23.3 Å². The molecule has 0 unspecified atom stereocenters. The van der Waals surface area contributed by atoms with Crippen LogP contribution in [0.25, 0.3) is 0 Å². The van der Waals surface area contributed by atoms with Gasteiger partial charge >= 0.3 is 0 Å². The number of amides is 1. The molecule has 0 atom stereocenters. The number of sulfonamides is 1. The van der Waals surface area contributed by atoms with Crippen LogP contribution in [0.5, 0.6) is 0 Å². The molecule has 3 rings (SSSR count). The van der Waals surface area contributed by atoms with Gasteiger partial charge in [-0.05, 0) is 85.7 Å². The lowest BCUT2D eigenvalue weighted by atomic mass is 10.1. The van der Waals surface area contributed by atoms with Crippen LogP contribution >= 0.6 is 23.4 Å². The van der Waals surface area contributed by atoms with Crippen LogP contribution in [-0.2, 0) is 20.6 Å². The smallest absolute Gasteiger partial charge is 0.264 e. The van der Waals surface area contributed by atoms with Gasteiger partial charge in [0.25, 0.3) is 10.0 Å². The largest absolute Gasteiger partial charge is 0.468 e. The highest BCUT2D eigenvalue weighted by Gasteiger charge is 2.27. The molecule has 6 nitrogen and oxygen atoms in total. The second-order valence-electron chi connectivity index (χ2n) is 7.57. The van der Waals surface area contributed by atoms with Gasteiger partial charge in [0.15, 0.2) is 0 Å². The number of thioether (sulfide) groups is 1. The summed E-state index contributed by atoms with van der Waals surface area (Å²) in [5.41, 5.74) is 2.43. The number of halogens is 1. The van der Waals surface area contributed by atoms with E-state index in [1.165, 1.54) is 24.3 Å². The maximum atomic E-state index is 13.4. The number of nitrogens with zero attached hydrogens (tertiary/aromatic N) is 1. The minimum absolute atomic E-state index is 0.0762. The third-order valence-electron chi connectivity index (χ3n) is 5.08. The van der Waals surface area contributed by atoms with E-state index in [-0.39, 0.29) is 17.3 Å². The van der Waals surface area contributed by atoms with Crippen molar-refractivity contribution in [3.8, 4) is 0 Å². The van der Waals surface area contributed by atoms with Crippen LogP contribution in [0.15, 0.2) is 70.2 Å². The number of hydrogen-bond acceptors (Lipinski definition) is 5. The van der Waals surface area contributed by atoms with Crippen molar-refractivity contribution in [1.82, 2.24) is 5.32 Å². The monoisotopic (exact) mass is 506 g/mol. The molecule has 9 heteroatoms. The zero-order valence-corrected chi connectivity index (χ0v) is 21.0. The van der Waals surface area contributed by atoms with Crippen molar-refractivity contribution in [2.45, 2.75) is 30.9 Å². The maximum absolute atomic E-state index is 13.4. The maximum Gasteiger partial charge on any atom is 0.264 e. The molecule has 0 spiro atoms. The van der Waals surface area contributed by atoms with Crippen molar-refractivity contribution >= 4 is 45.0 Å². The molecule has 0 saturated heterocycles. The number of rotatable bonds is 11. The van der Waals surface area contributed by atoms with E-state index in [1.54, 1.807) is 30.2 Å². The molecule has 0 bridgehead atoms. The van der Waals surface area contributed by atoms with E-state index in [1.807, 2.05) is 32.0 Å². The Kier molecular flexibility index (Phi) is 8.88. The third-order valence-corrected chi connectivity index (χ3v) is 8.19. The lowest BCUT2D eigenvalue weighted by Crippen LogP contribution is -2.41. The average Bonchev–Trinajstić information content (AvgIpc) is 3.30. The summed E-state index contributed by atoms with van der Waals surface area (Å²) in [4.78, 5) is 12.7. The lowest BCUT2D eigenvalue weighted by Gasteiger charge is -2.25. The highest BCUT2D eigenvalue weighted by molar-refractivity contribution is 7.98. The SMILES string of the molecule is Cc1ccc(N(CC(=O)NCCCSCc2ccco2)S(=O)(=O)c2ccc(Cl)cc2)cc1C. The second-order valence-corrected chi connectivity index (χ2v) is 11.0. The number of carbonyl (C=O) groups excluding carboxylic acids is 1. The number of furan rings is 1. The molecule has 0 aliphatic rings. The summed E-state index contributed by atoms with van der Waals surface area (Å²) in [6, 6.07) is 15.1. The highest BCUT2D eigenvalue weighted by Crippen LogP contribution is 2.26. The summed E-state index contributed by atoms with van der Waals surface area (Å²) in [5, 5.41) is 3.27. The van der Waals surface area contributed by atoms with Gasteiger partial charge in [-0.1, -0.05) is 17.7 Å². The van der Waals surface area contributed by atoms with E-state index in [4.69, 9.17) is 16.0 Å². The molecule has 1 N–H and O–H groups in total. The molecule has 0 fully saturated rings. The Morgan fingerprint density at radius 1 is 1.09 bits per heavy atom. The van der Waals surface area contributed by atoms with Crippen LogP contribution in [0.4, 0.5) is 5.69 Å². The molecular formula is C24H27ClN2O4S2. The Morgan fingerprint density at radius 3 is 2.52 bits per heavy atom. The summed E-state index contributed by atoms with van der Waals surface area (Å²) < 4.78 is 33.2. The van der Waals surface area contributed by atoms with Crippen molar-refractivity contribution in [3.05, 3.63) is 82.8 Å². The summed E-state index contributed by atoms with van der Waals surface area (Å²) in [6.45, 7) is 4.01. The molecule has 3 aromatic rings. The lowest BCUT2D eigenvalue weighted by molar-refractivity contribution is -0.119. The second kappa shape index (κ2) is 11.6. The van der Waals surface area contributed by atoms with E-state index >= 15 is 0 Å². The Bertz CT molecular complexity index is 1160. The number of anilines is 1. The topological polar surface area (TPSA) is 79.6 Å². The molecular weight excluding hydrogens is 480 g/mol. The summed E-state index contributed by atoms with van der Waals surface area (Å²) >= 11 is 7.64. The first-order valence-corrected chi connectivity index (χ1v) is 13.5. The molecule has 33 heavy (non-hydrogen) atoms. The Morgan fingerprint density at radius 2 is 1.85 bits per heavy atom. The van der Waals surface area contributed by atoms with E-state index in [0.29, 0.717) is 17.3 Å². The van der Waals surface area contributed by atoms with Gasteiger partial charge in [-0.3, -0.25) is 9.10 Å². The van der Waals surface area contributed by atoms with Gasteiger partial charge in [0, 0.05) is 11.6 Å². The van der Waals surface area contributed by atoms with Crippen molar-refractivity contribution in [3.63, 3.8) is 0 Å². The fourth-order valence-electron chi connectivity index (χ4n) is 3.09.